The van der Waals surface area contributed by atoms with Crippen molar-refractivity contribution in [3.8, 4) is 0 Å². The summed E-state index contributed by atoms with van der Waals surface area (Å²) in [5.74, 6) is -0.532. The van der Waals surface area contributed by atoms with E-state index in [2.05, 4.69) is 4.98 Å². The van der Waals surface area contributed by atoms with Gasteiger partial charge in [0.25, 0.3) is 0 Å². The van der Waals surface area contributed by atoms with Gasteiger partial charge in [-0.1, -0.05) is 12.1 Å². The number of aromatic nitrogens is 1. The van der Waals surface area contributed by atoms with Crippen LogP contribution in [0.15, 0.2) is 52.5 Å². The van der Waals surface area contributed by atoms with Crippen LogP contribution in [0.25, 0.3) is 0 Å². The van der Waals surface area contributed by atoms with Gasteiger partial charge in [0.2, 0.25) is 9.84 Å². The number of hydrogen-bond acceptors (Lipinski definition) is 6. The molecule has 122 valence electrons. The molecule has 23 heavy (non-hydrogen) atoms. The predicted molar refractivity (Wildman–Crippen MR) is 84.8 cm³/mol. The topological polar surface area (TPSA) is 99.4 Å². The van der Waals surface area contributed by atoms with Gasteiger partial charge in [-0.15, -0.1) is 0 Å². The Morgan fingerprint density at radius 1 is 1.17 bits per heavy atom. The fourth-order valence-electron chi connectivity index (χ4n) is 2.00. The van der Waals surface area contributed by atoms with Crippen LogP contribution < -0.4 is 5.73 Å². The van der Waals surface area contributed by atoms with E-state index in [0.717, 1.165) is 5.56 Å². The molecule has 0 aliphatic carbocycles. The summed E-state index contributed by atoms with van der Waals surface area (Å²) in [4.78, 5) is 15.6. The van der Waals surface area contributed by atoms with Crippen molar-refractivity contribution >= 4 is 15.8 Å². The van der Waals surface area contributed by atoms with E-state index >= 15 is 0 Å². The lowest BCUT2D eigenvalue weighted by molar-refractivity contribution is 0.0525. The minimum absolute atomic E-state index is 0.114. The molecule has 1 aromatic carbocycles. The number of rotatable bonds is 6. The molecule has 2 rings (SSSR count). The second-order valence-corrected chi connectivity index (χ2v) is 6.69. The van der Waals surface area contributed by atoms with E-state index in [1.165, 1.54) is 30.5 Å². The summed E-state index contributed by atoms with van der Waals surface area (Å²) < 4.78 is 29.8. The number of ether oxygens (including phenoxy) is 1. The average Bonchev–Trinajstić information content (AvgIpc) is 2.56. The van der Waals surface area contributed by atoms with E-state index in [1.54, 1.807) is 19.1 Å². The molecule has 1 aromatic heterocycles. The summed E-state index contributed by atoms with van der Waals surface area (Å²) in [6, 6.07) is 9.21. The highest BCUT2D eigenvalue weighted by molar-refractivity contribution is 7.91. The number of esters is 1. The van der Waals surface area contributed by atoms with E-state index in [4.69, 9.17) is 10.5 Å². The van der Waals surface area contributed by atoms with Gasteiger partial charge in [0.15, 0.2) is 5.03 Å². The first kappa shape index (κ1) is 17.1. The van der Waals surface area contributed by atoms with E-state index in [1.807, 2.05) is 0 Å². The van der Waals surface area contributed by atoms with Gasteiger partial charge < -0.3 is 10.5 Å². The molecule has 0 amide bonds. The number of pyridine rings is 1. The quantitative estimate of drug-likeness (QED) is 0.805. The maximum Gasteiger partial charge on any atom is 0.339 e. The molecule has 0 saturated carbocycles. The van der Waals surface area contributed by atoms with Crippen LogP contribution in [0.1, 0.15) is 22.8 Å². The monoisotopic (exact) mass is 334 g/mol. The lowest BCUT2D eigenvalue weighted by Crippen LogP contribution is -2.08. The van der Waals surface area contributed by atoms with Gasteiger partial charge in [-0.3, -0.25) is 0 Å². The number of nitrogens with two attached hydrogens (primary N) is 1. The summed E-state index contributed by atoms with van der Waals surface area (Å²) in [5.41, 5.74) is 6.65. The third kappa shape index (κ3) is 3.94. The molecule has 0 aliphatic rings. The third-order valence-corrected chi connectivity index (χ3v) is 4.87. The van der Waals surface area contributed by atoms with Crippen LogP contribution in [-0.4, -0.2) is 32.5 Å². The Bertz CT molecular complexity index is 769. The Morgan fingerprint density at radius 2 is 1.87 bits per heavy atom. The Balaban J connectivity index is 2.27. The minimum atomic E-state index is -3.72. The summed E-state index contributed by atoms with van der Waals surface area (Å²) in [6.45, 7) is 2.44. The van der Waals surface area contributed by atoms with E-state index in [0.29, 0.717) is 13.0 Å². The van der Waals surface area contributed by atoms with Gasteiger partial charge in [-0.2, -0.15) is 0 Å². The molecule has 2 N–H and O–H groups in total. The smallest absolute Gasteiger partial charge is 0.339 e. The molecule has 2 aromatic rings. The lowest BCUT2D eigenvalue weighted by atomic mass is 10.2. The molecule has 0 saturated heterocycles. The van der Waals surface area contributed by atoms with Crippen LogP contribution in [0.3, 0.4) is 0 Å². The molecule has 0 bridgehead atoms. The number of nitrogens with zero attached hydrogens (tertiary/aromatic N) is 1. The van der Waals surface area contributed by atoms with Crippen LogP contribution in [0.2, 0.25) is 0 Å². The first-order valence-corrected chi connectivity index (χ1v) is 8.64. The third-order valence-electron chi connectivity index (χ3n) is 3.19. The van der Waals surface area contributed by atoms with Crippen LogP contribution in [-0.2, 0) is 21.0 Å². The Labute approximate surface area is 135 Å². The maximum absolute atomic E-state index is 12.5. The molecule has 0 aliphatic heterocycles. The number of hydrogen-bond donors (Lipinski definition) is 1. The highest BCUT2D eigenvalue weighted by Crippen LogP contribution is 2.20. The molecule has 0 unspecified atom stereocenters. The molecule has 0 radical (unpaired) electrons. The molecule has 7 heteroatoms. The number of sulfone groups is 1. The van der Waals surface area contributed by atoms with Gasteiger partial charge in [0, 0.05) is 6.20 Å². The van der Waals surface area contributed by atoms with Crippen molar-refractivity contribution in [2.45, 2.75) is 23.3 Å². The van der Waals surface area contributed by atoms with Crippen molar-refractivity contribution in [1.29, 1.82) is 0 Å². The maximum atomic E-state index is 12.5. The van der Waals surface area contributed by atoms with Crippen molar-refractivity contribution in [1.82, 2.24) is 4.98 Å². The summed E-state index contributed by atoms with van der Waals surface area (Å²) in [6.07, 6.45) is 1.89. The molecule has 0 fully saturated rings. The zero-order chi connectivity index (χ0) is 16.9. The molecular formula is C16H18N2O4S. The van der Waals surface area contributed by atoms with Crippen LogP contribution in [0.5, 0.6) is 0 Å². The summed E-state index contributed by atoms with van der Waals surface area (Å²) in [7, 11) is -3.72. The van der Waals surface area contributed by atoms with Crippen molar-refractivity contribution in [2.75, 3.05) is 13.2 Å². The molecule has 6 nitrogen and oxygen atoms in total. The van der Waals surface area contributed by atoms with E-state index in [9.17, 15) is 13.2 Å². The Morgan fingerprint density at radius 3 is 2.39 bits per heavy atom. The Kier molecular flexibility index (Phi) is 5.46. The first-order chi connectivity index (χ1) is 11.0. The van der Waals surface area contributed by atoms with Gasteiger partial charge in [-0.05, 0) is 49.7 Å². The van der Waals surface area contributed by atoms with Gasteiger partial charge in [0.1, 0.15) is 0 Å². The van der Waals surface area contributed by atoms with Crippen molar-refractivity contribution < 1.29 is 17.9 Å². The first-order valence-electron chi connectivity index (χ1n) is 7.16. The summed E-state index contributed by atoms with van der Waals surface area (Å²) >= 11 is 0. The highest BCUT2D eigenvalue weighted by atomic mass is 32.2. The van der Waals surface area contributed by atoms with Crippen LogP contribution in [0, 0.1) is 0 Å². The standard InChI is InChI=1S/C16H18N2O4S/c1-2-22-16(19)13-5-8-15(18-11-13)23(20,21)14-6-3-12(4-7-14)9-10-17/h3-8,11H,2,9-10,17H2,1H3. The molecular weight excluding hydrogens is 316 g/mol. The Hall–Kier alpha value is -2.25. The normalized spacial score (nSPS) is 11.2. The number of carbonyl (C=O) groups is 1. The predicted octanol–water partition coefficient (Wildman–Crippen LogP) is 1.59. The molecule has 0 spiro atoms. The van der Waals surface area contributed by atoms with Crippen LogP contribution >= 0.6 is 0 Å². The highest BCUT2D eigenvalue weighted by Gasteiger charge is 2.19. The van der Waals surface area contributed by atoms with E-state index in [-0.39, 0.29) is 22.1 Å². The largest absolute Gasteiger partial charge is 0.462 e. The van der Waals surface area contributed by atoms with Gasteiger partial charge >= 0.3 is 5.97 Å². The minimum Gasteiger partial charge on any atom is -0.462 e. The van der Waals surface area contributed by atoms with Gasteiger partial charge in [-0.25, -0.2) is 18.2 Å². The van der Waals surface area contributed by atoms with E-state index < -0.39 is 15.8 Å². The van der Waals surface area contributed by atoms with Crippen molar-refractivity contribution in [2.24, 2.45) is 5.73 Å². The fraction of sp³-hybridized carbons (Fsp3) is 0.250. The number of carbonyl (C=O) groups excluding carboxylic acids is 1. The summed E-state index contributed by atoms with van der Waals surface area (Å²) in [5, 5.41) is -0.114. The molecule has 0 atom stereocenters. The second kappa shape index (κ2) is 7.34. The fourth-order valence-corrected chi connectivity index (χ4v) is 3.17. The van der Waals surface area contributed by atoms with Crippen molar-refractivity contribution in [3.63, 3.8) is 0 Å². The van der Waals surface area contributed by atoms with Crippen LogP contribution in [0.4, 0.5) is 0 Å². The SMILES string of the molecule is CCOC(=O)c1ccc(S(=O)(=O)c2ccc(CCN)cc2)nc1. The second-order valence-electron chi connectivity index (χ2n) is 4.79. The number of benzene rings is 1. The average molecular weight is 334 g/mol. The zero-order valence-corrected chi connectivity index (χ0v) is 13.5. The lowest BCUT2D eigenvalue weighted by Gasteiger charge is -2.06. The molecule has 1 heterocycles. The van der Waals surface area contributed by atoms with Gasteiger partial charge in [0.05, 0.1) is 17.1 Å². The zero-order valence-electron chi connectivity index (χ0n) is 12.7. The van der Waals surface area contributed by atoms with Crippen molar-refractivity contribution in [3.05, 3.63) is 53.7 Å².